The largest absolute Gasteiger partial charge is 0.497 e. The van der Waals surface area contributed by atoms with E-state index in [1.165, 1.54) is 12.8 Å². The van der Waals surface area contributed by atoms with Crippen molar-refractivity contribution in [2.75, 3.05) is 7.11 Å². The van der Waals surface area contributed by atoms with E-state index < -0.39 is 0 Å². The first-order valence-electron chi connectivity index (χ1n) is 8.02. The molecule has 5 nitrogen and oxygen atoms in total. The molecule has 1 amide bonds. The van der Waals surface area contributed by atoms with Gasteiger partial charge in [-0.2, -0.15) is 0 Å². The van der Waals surface area contributed by atoms with Crippen LogP contribution < -0.4 is 20.9 Å². The molecule has 1 aromatic carbocycles. The predicted molar refractivity (Wildman–Crippen MR) is 95.3 cm³/mol. The molecule has 0 aromatic heterocycles. The normalized spacial score (nSPS) is 23.7. The summed E-state index contributed by atoms with van der Waals surface area (Å²) in [6.07, 6.45) is 3.59. The van der Waals surface area contributed by atoms with Gasteiger partial charge in [0.1, 0.15) is 5.75 Å². The highest BCUT2D eigenvalue weighted by atomic mass is 32.1. The van der Waals surface area contributed by atoms with Crippen molar-refractivity contribution < 1.29 is 9.53 Å². The van der Waals surface area contributed by atoms with Crippen molar-refractivity contribution in [3.8, 4) is 5.75 Å². The lowest BCUT2D eigenvalue weighted by molar-refractivity contribution is 0.0943. The Hall–Kier alpha value is -1.82. The summed E-state index contributed by atoms with van der Waals surface area (Å²) < 4.78 is 5.11. The van der Waals surface area contributed by atoms with E-state index in [2.05, 4.69) is 30.0 Å². The van der Waals surface area contributed by atoms with E-state index in [1.54, 1.807) is 31.4 Å². The molecule has 6 heteroatoms. The zero-order chi connectivity index (χ0) is 16.8. The molecule has 23 heavy (non-hydrogen) atoms. The van der Waals surface area contributed by atoms with Gasteiger partial charge >= 0.3 is 0 Å². The monoisotopic (exact) mass is 335 g/mol. The van der Waals surface area contributed by atoms with Crippen molar-refractivity contribution in [1.29, 1.82) is 0 Å². The second-order valence-corrected chi connectivity index (χ2v) is 6.57. The Kier molecular flexibility index (Phi) is 6.21. The molecule has 126 valence electrons. The highest BCUT2D eigenvalue weighted by Gasteiger charge is 2.27. The van der Waals surface area contributed by atoms with Gasteiger partial charge in [0.15, 0.2) is 5.11 Å². The summed E-state index contributed by atoms with van der Waals surface area (Å²) in [6.45, 7) is 4.53. The van der Waals surface area contributed by atoms with Gasteiger partial charge in [-0.1, -0.05) is 32.8 Å². The quantitative estimate of drug-likeness (QED) is 0.585. The number of hydrogen-bond donors (Lipinski definition) is 3. The lowest BCUT2D eigenvalue weighted by Gasteiger charge is -2.35. The summed E-state index contributed by atoms with van der Waals surface area (Å²) in [7, 11) is 1.57. The Morgan fingerprint density at radius 2 is 2.04 bits per heavy atom. The number of carbonyl (C=O) groups is 1. The van der Waals surface area contributed by atoms with Crippen molar-refractivity contribution in [2.45, 2.75) is 39.2 Å². The summed E-state index contributed by atoms with van der Waals surface area (Å²) in [5.74, 6) is 1.65. The van der Waals surface area contributed by atoms with E-state index in [0.717, 1.165) is 6.42 Å². The number of benzene rings is 1. The van der Waals surface area contributed by atoms with Gasteiger partial charge in [-0.3, -0.25) is 15.6 Å². The SMILES string of the molecule is COc1cccc(C(=O)NNC(=S)N[C@@H]2CCC[C@H](C)[C@H]2C)c1. The molecule has 0 unspecified atom stereocenters. The maximum Gasteiger partial charge on any atom is 0.269 e. The van der Waals surface area contributed by atoms with Crippen LogP contribution in [0, 0.1) is 11.8 Å². The van der Waals surface area contributed by atoms with Crippen molar-refractivity contribution >= 4 is 23.2 Å². The van der Waals surface area contributed by atoms with Crippen molar-refractivity contribution in [3.05, 3.63) is 29.8 Å². The second-order valence-electron chi connectivity index (χ2n) is 6.16. The molecule has 0 heterocycles. The van der Waals surface area contributed by atoms with Crippen LogP contribution in [0.2, 0.25) is 0 Å². The minimum atomic E-state index is -0.252. The Bertz CT molecular complexity index is 565. The average molecular weight is 335 g/mol. The molecule has 1 aliphatic rings. The van der Waals surface area contributed by atoms with Crippen LogP contribution in [0.5, 0.6) is 5.75 Å². The van der Waals surface area contributed by atoms with Crippen LogP contribution in [0.3, 0.4) is 0 Å². The maximum atomic E-state index is 12.1. The predicted octanol–water partition coefficient (Wildman–Crippen LogP) is 2.63. The third-order valence-electron chi connectivity index (χ3n) is 4.64. The molecule has 0 radical (unpaired) electrons. The topological polar surface area (TPSA) is 62.4 Å². The van der Waals surface area contributed by atoms with Gasteiger partial charge in [-0.25, -0.2) is 0 Å². The molecule has 1 aromatic rings. The molecule has 3 N–H and O–H groups in total. The summed E-state index contributed by atoms with van der Waals surface area (Å²) in [4.78, 5) is 12.1. The molecule has 0 saturated heterocycles. The number of rotatable bonds is 3. The summed E-state index contributed by atoms with van der Waals surface area (Å²) in [5.41, 5.74) is 5.91. The van der Waals surface area contributed by atoms with Crippen molar-refractivity contribution in [1.82, 2.24) is 16.2 Å². The average Bonchev–Trinajstić information content (AvgIpc) is 2.57. The molecule has 2 rings (SSSR count). The number of nitrogens with one attached hydrogen (secondary N) is 3. The van der Waals surface area contributed by atoms with Crippen LogP contribution >= 0.6 is 12.2 Å². The van der Waals surface area contributed by atoms with Gasteiger partial charge in [0, 0.05) is 11.6 Å². The smallest absolute Gasteiger partial charge is 0.269 e. The van der Waals surface area contributed by atoms with Gasteiger partial charge in [0.25, 0.3) is 5.91 Å². The first-order valence-corrected chi connectivity index (χ1v) is 8.43. The highest BCUT2D eigenvalue weighted by Crippen LogP contribution is 2.29. The zero-order valence-corrected chi connectivity index (χ0v) is 14.7. The van der Waals surface area contributed by atoms with Crippen molar-refractivity contribution in [3.63, 3.8) is 0 Å². The van der Waals surface area contributed by atoms with Gasteiger partial charge in [-0.15, -0.1) is 0 Å². The Labute approximate surface area is 143 Å². The lowest BCUT2D eigenvalue weighted by atomic mass is 9.78. The fourth-order valence-electron chi connectivity index (χ4n) is 2.94. The first-order chi connectivity index (χ1) is 11.0. The molecule has 0 aliphatic heterocycles. The number of carbonyl (C=O) groups excluding carboxylic acids is 1. The van der Waals surface area contributed by atoms with Crippen LogP contribution in [0.25, 0.3) is 0 Å². The van der Waals surface area contributed by atoms with Gasteiger partial charge in [0.05, 0.1) is 7.11 Å². The second kappa shape index (κ2) is 8.15. The van der Waals surface area contributed by atoms with E-state index in [-0.39, 0.29) is 5.91 Å². The molecule has 0 bridgehead atoms. The summed E-state index contributed by atoms with van der Waals surface area (Å²) in [5, 5.41) is 3.76. The van der Waals surface area contributed by atoms with E-state index in [9.17, 15) is 4.79 Å². The van der Waals surface area contributed by atoms with E-state index >= 15 is 0 Å². The number of hydrogen-bond acceptors (Lipinski definition) is 3. The van der Waals surface area contributed by atoms with Crippen LogP contribution in [0.1, 0.15) is 43.5 Å². The molecule has 1 fully saturated rings. The van der Waals surface area contributed by atoms with E-state index in [4.69, 9.17) is 17.0 Å². The molecular weight excluding hydrogens is 310 g/mol. The van der Waals surface area contributed by atoms with Gasteiger partial charge < -0.3 is 10.1 Å². The lowest BCUT2D eigenvalue weighted by Crippen LogP contribution is -2.52. The summed E-state index contributed by atoms with van der Waals surface area (Å²) in [6, 6.07) is 7.32. The third-order valence-corrected chi connectivity index (χ3v) is 4.86. The fourth-order valence-corrected chi connectivity index (χ4v) is 3.14. The van der Waals surface area contributed by atoms with Gasteiger partial charge in [-0.05, 0) is 48.7 Å². The number of amides is 1. The third kappa shape index (κ3) is 4.82. The zero-order valence-electron chi connectivity index (χ0n) is 13.9. The highest BCUT2D eigenvalue weighted by molar-refractivity contribution is 7.80. The van der Waals surface area contributed by atoms with E-state index in [1.807, 2.05) is 0 Å². The molecule has 1 aliphatic carbocycles. The number of hydrazine groups is 1. The Balaban J connectivity index is 1.82. The van der Waals surface area contributed by atoms with Crippen LogP contribution in [0.15, 0.2) is 24.3 Å². The number of methoxy groups -OCH3 is 1. The van der Waals surface area contributed by atoms with Crippen LogP contribution in [-0.2, 0) is 0 Å². The number of ether oxygens (including phenoxy) is 1. The van der Waals surface area contributed by atoms with Gasteiger partial charge in [0.2, 0.25) is 0 Å². The standard InChI is InChI=1S/C17H25N3O2S/c1-11-6-4-9-15(12(11)2)18-17(23)20-19-16(21)13-7-5-8-14(10-13)22-3/h5,7-8,10-12,15H,4,6,9H2,1-3H3,(H,19,21)(H2,18,20,23)/t11-,12+,15+/m0/s1. The first kappa shape index (κ1) is 17.5. The molecule has 3 atom stereocenters. The molecule has 1 saturated carbocycles. The summed E-state index contributed by atoms with van der Waals surface area (Å²) >= 11 is 5.28. The minimum Gasteiger partial charge on any atom is -0.497 e. The van der Waals surface area contributed by atoms with E-state index in [0.29, 0.717) is 34.3 Å². The van der Waals surface area contributed by atoms with Crippen LogP contribution in [-0.4, -0.2) is 24.2 Å². The molecular formula is C17H25N3O2S. The fraction of sp³-hybridized carbons (Fsp3) is 0.529. The maximum absolute atomic E-state index is 12.1. The Morgan fingerprint density at radius 1 is 1.26 bits per heavy atom. The number of thiocarbonyl (C=S) groups is 1. The van der Waals surface area contributed by atoms with Crippen LogP contribution in [0.4, 0.5) is 0 Å². The molecule has 0 spiro atoms. The minimum absolute atomic E-state index is 0.252. The van der Waals surface area contributed by atoms with Crippen molar-refractivity contribution in [2.24, 2.45) is 11.8 Å². The Morgan fingerprint density at radius 3 is 2.78 bits per heavy atom.